The molecule has 3 rings (SSSR count). The van der Waals surface area contributed by atoms with Gasteiger partial charge in [-0.15, -0.1) is 0 Å². The summed E-state index contributed by atoms with van der Waals surface area (Å²) >= 11 is 9.40. The van der Waals surface area contributed by atoms with Gasteiger partial charge >= 0.3 is 0 Å². The molecule has 2 fully saturated rings. The molecule has 0 N–H and O–H groups in total. The molecule has 2 aliphatic carbocycles. The maximum absolute atomic E-state index is 12.6. The third-order valence-electron chi connectivity index (χ3n) is 3.76. The first-order valence-corrected chi connectivity index (χ1v) is 7.94. The van der Waals surface area contributed by atoms with Gasteiger partial charge in [0.2, 0.25) is 0 Å². The molecule has 0 aromatic carbocycles. The van der Waals surface area contributed by atoms with Gasteiger partial charge in [0.15, 0.2) is 0 Å². The van der Waals surface area contributed by atoms with Crippen LogP contribution in [0.25, 0.3) is 0 Å². The van der Waals surface area contributed by atoms with Crippen LogP contribution in [0.15, 0.2) is 16.7 Å². The second-order valence-electron chi connectivity index (χ2n) is 5.45. The summed E-state index contributed by atoms with van der Waals surface area (Å²) < 4.78 is 0.790. The van der Waals surface area contributed by atoms with Crippen LogP contribution < -0.4 is 0 Å². The zero-order valence-electron chi connectivity index (χ0n) is 10.6. The van der Waals surface area contributed by atoms with Crippen molar-refractivity contribution in [3.05, 3.63) is 27.5 Å². The van der Waals surface area contributed by atoms with Crippen molar-refractivity contribution in [2.75, 3.05) is 6.54 Å². The van der Waals surface area contributed by atoms with Crippen LogP contribution in [-0.2, 0) is 0 Å². The van der Waals surface area contributed by atoms with Crippen molar-refractivity contribution in [1.82, 2.24) is 9.88 Å². The number of aromatic nitrogens is 1. The standard InChI is InChI=1S/C14H16BrClN2O/c15-10-7-12(13(16)17-8-10)14(19)18(11-3-4-11)6-5-9-1-2-9/h7-9,11H,1-6H2. The maximum Gasteiger partial charge on any atom is 0.257 e. The van der Waals surface area contributed by atoms with E-state index in [2.05, 4.69) is 20.9 Å². The van der Waals surface area contributed by atoms with E-state index < -0.39 is 0 Å². The molecule has 19 heavy (non-hydrogen) atoms. The molecular formula is C14H16BrClN2O. The Morgan fingerprint density at radius 1 is 1.42 bits per heavy atom. The average Bonchev–Trinajstić information content (AvgIpc) is 3.25. The first kappa shape index (κ1) is 13.4. The minimum Gasteiger partial charge on any atom is -0.336 e. The molecule has 0 bridgehead atoms. The lowest BCUT2D eigenvalue weighted by molar-refractivity contribution is 0.0738. The molecule has 2 saturated carbocycles. The fourth-order valence-electron chi connectivity index (χ4n) is 2.29. The van der Waals surface area contributed by atoms with Gasteiger partial charge in [-0.3, -0.25) is 4.79 Å². The monoisotopic (exact) mass is 342 g/mol. The third kappa shape index (κ3) is 3.29. The van der Waals surface area contributed by atoms with Crippen molar-refractivity contribution in [3.63, 3.8) is 0 Å². The molecule has 0 unspecified atom stereocenters. The molecule has 5 heteroatoms. The summed E-state index contributed by atoms with van der Waals surface area (Å²) in [7, 11) is 0. The number of pyridine rings is 1. The lowest BCUT2D eigenvalue weighted by atomic mass is 10.2. The van der Waals surface area contributed by atoms with Gasteiger partial charge in [0.1, 0.15) is 5.15 Å². The lowest BCUT2D eigenvalue weighted by Gasteiger charge is -2.22. The first-order valence-electron chi connectivity index (χ1n) is 6.77. The SMILES string of the molecule is O=C(c1cc(Br)cnc1Cl)N(CCC1CC1)C1CC1. The number of carbonyl (C=O) groups is 1. The van der Waals surface area contributed by atoms with Crippen molar-refractivity contribution >= 4 is 33.4 Å². The van der Waals surface area contributed by atoms with Crippen LogP contribution in [0.2, 0.25) is 5.15 Å². The summed E-state index contributed by atoms with van der Waals surface area (Å²) in [5, 5.41) is 0.297. The van der Waals surface area contributed by atoms with E-state index in [4.69, 9.17) is 11.6 Å². The van der Waals surface area contributed by atoms with E-state index in [1.54, 1.807) is 12.3 Å². The van der Waals surface area contributed by atoms with Gasteiger partial charge in [-0.1, -0.05) is 24.4 Å². The predicted octanol–water partition coefficient (Wildman–Crippen LogP) is 3.90. The van der Waals surface area contributed by atoms with Crippen molar-refractivity contribution in [3.8, 4) is 0 Å². The number of hydrogen-bond acceptors (Lipinski definition) is 2. The van der Waals surface area contributed by atoms with Gasteiger partial charge in [-0.05, 0) is 47.2 Å². The number of hydrogen-bond donors (Lipinski definition) is 0. The summed E-state index contributed by atoms with van der Waals surface area (Å²) in [6.45, 7) is 0.858. The smallest absolute Gasteiger partial charge is 0.257 e. The molecular weight excluding hydrogens is 328 g/mol. The Balaban J connectivity index is 1.76. The van der Waals surface area contributed by atoms with Gasteiger partial charge in [0, 0.05) is 23.3 Å². The number of amides is 1. The summed E-state index contributed by atoms with van der Waals surface area (Å²) in [5.74, 6) is 0.868. The lowest BCUT2D eigenvalue weighted by Crippen LogP contribution is -2.34. The van der Waals surface area contributed by atoms with Gasteiger partial charge < -0.3 is 4.90 Å². The summed E-state index contributed by atoms with van der Waals surface area (Å²) in [6, 6.07) is 2.19. The molecule has 0 atom stereocenters. The van der Waals surface area contributed by atoms with Crippen LogP contribution in [0, 0.1) is 5.92 Å². The highest BCUT2D eigenvalue weighted by molar-refractivity contribution is 9.10. The molecule has 2 aliphatic rings. The van der Waals surface area contributed by atoms with Crippen LogP contribution in [-0.4, -0.2) is 28.4 Å². The Morgan fingerprint density at radius 2 is 2.16 bits per heavy atom. The molecule has 102 valence electrons. The summed E-state index contributed by atoms with van der Waals surface area (Å²) in [5.41, 5.74) is 0.513. The van der Waals surface area contributed by atoms with E-state index in [-0.39, 0.29) is 5.91 Å². The van der Waals surface area contributed by atoms with Crippen molar-refractivity contribution in [2.24, 2.45) is 5.92 Å². The molecule has 1 aromatic heterocycles. The quantitative estimate of drug-likeness (QED) is 0.760. The van der Waals surface area contributed by atoms with Gasteiger partial charge in [0.05, 0.1) is 5.56 Å². The number of rotatable bonds is 5. The number of carbonyl (C=O) groups excluding carboxylic acids is 1. The Morgan fingerprint density at radius 3 is 2.79 bits per heavy atom. The van der Waals surface area contributed by atoms with Crippen LogP contribution in [0.5, 0.6) is 0 Å². The normalized spacial score (nSPS) is 18.4. The van der Waals surface area contributed by atoms with Crippen molar-refractivity contribution in [2.45, 2.75) is 38.1 Å². The largest absolute Gasteiger partial charge is 0.336 e. The maximum atomic E-state index is 12.6. The minimum atomic E-state index is 0.0296. The molecule has 0 saturated heterocycles. The van der Waals surface area contributed by atoms with E-state index >= 15 is 0 Å². The number of nitrogens with zero attached hydrogens (tertiary/aromatic N) is 2. The van der Waals surface area contributed by atoms with E-state index in [1.165, 1.54) is 12.8 Å². The zero-order valence-corrected chi connectivity index (χ0v) is 13.0. The van der Waals surface area contributed by atoms with Gasteiger partial charge in [-0.2, -0.15) is 0 Å². The Hall–Kier alpha value is -0.610. The Kier molecular flexibility index (Phi) is 3.81. The van der Waals surface area contributed by atoms with Crippen LogP contribution in [0.1, 0.15) is 42.5 Å². The highest BCUT2D eigenvalue weighted by Crippen LogP contribution is 2.35. The second kappa shape index (κ2) is 5.41. The van der Waals surface area contributed by atoms with Crippen molar-refractivity contribution < 1.29 is 4.79 Å². The van der Waals surface area contributed by atoms with E-state index in [1.807, 2.05) is 4.90 Å². The zero-order chi connectivity index (χ0) is 13.4. The molecule has 0 spiro atoms. The third-order valence-corrected chi connectivity index (χ3v) is 4.49. The fourth-order valence-corrected chi connectivity index (χ4v) is 2.81. The molecule has 1 aromatic rings. The molecule has 1 amide bonds. The van der Waals surface area contributed by atoms with Gasteiger partial charge in [0.25, 0.3) is 5.91 Å². The Labute approximate surface area is 126 Å². The molecule has 1 heterocycles. The van der Waals surface area contributed by atoms with Crippen LogP contribution >= 0.6 is 27.5 Å². The van der Waals surface area contributed by atoms with Crippen LogP contribution in [0.3, 0.4) is 0 Å². The predicted molar refractivity (Wildman–Crippen MR) is 78.3 cm³/mol. The number of halogens is 2. The summed E-state index contributed by atoms with van der Waals surface area (Å²) in [4.78, 5) is 18.6. The fraction of sp³-hybridized carbons (Fsp3) is 0.571. The van der Waals surface area contributed by atoms with Crippen LogP contribution in [0.4, 0.5) is 0 Å². The summed E-state index contributed by atoms with van der Waals surface area (Å²) in [6.07, 6.45) is 7.63. The first-order chi connectivity index (χ1) is 9.15. The molecule has 0 aliphatic heterocycles. The molecule has 0 radical (unpaired) electrons. The highest BCUT2D eigenvalue weighted by Gasteiger charge is 2.35. The van der Waals surface area contributed by atoms with E-state index in [0.717, 1.165) is 36.2 Å². The topological polar surface area (TPSA) is 33.2 Å². The highest BCUT2D eigenvalue weighted by atomic mass is 79.9. The van der Waals surface area contributed by atoms with Gasteiger partial charge in [-0.25, -0.2) is 4.98 Å². The molecule has 3 nitrogen and oxygen atoms in total. The van der Waals surface area contributed by atoms with Crippen molar-refractivity contribution in [1.29, 1.82) is 0 Å². The minimum absolute atomic E-state index is 0.0296. The van der Waals surface area contributed by atoms with E-state index in [9.17, 15) is 4.79 Å². The average molecular weight is 344 g/mol. The second-order valence-corrected chi connectivity index (χ2v) is 6.73. The van der Waals surface area contributed by atoms with E-state index in [0.29, 0.717) is 16.8 Å². The Bertz CT molecular complexity index is 500.